The van der Waals surface area contributed by atoms with Crippen LogP contribution in [0.2, 0.25) is 0 Å². The number of anilines is 1. The topological polar surface area (TPSA) is 91.1 Å². The highest BCUT2D eigenvalue weighted by Gasteiger charge is 2.41. The zero-order valence-corrected chi connectivity index (χ0v) is 23.9. The summed E-state index contributed by atoms with van der Waals surface area (Å²) < 4.78 is 7.58. The van der Waals surface area contributed by atoms with E-state index >= 15 is 0 Å². The Bertz CT molecular complexity index is 1210. The lowest BCUT2D eigenvalue weighted by atomic mass is 9.88. The number of carbonyl (C=O) groups is 2. The first kappa shape index (κ1) is 27.6. The molecule has 1 aromatic heterocycles. The fourth-order valence-corrected chi connectivity index (χ4v) is 6.53. The lowest BCUT2D eigenvalue weighted by Crippen LogP contribution is -2.54. The molecule has 5 rings (SSSR count). The maximum absolute atomic E-state index is 13.8. The minimum Gasteiger partial charge on any atom is -0.394 e. The third-order valence-corrected chi connectivity index (χ3v) is 8.87. The molecule has 0 radical (unpaired) electrons. The molecule has 212 valence electrons. The third kappa shape index (κ3) is 5.57. The minimum atomic E-state index is -0.379. The molecular weight excluding hydrogens is 494 g/mol. The van der Waals surface area contributed by atoms with Gasteiger partial charge in [-0.25, -0.2) is 0 Å². The minimum absolute atomic E-state index is 0.00391. The lowest BCUT2D eigenvalue weighted by Gasteiger charge is -2.45. The van der Waals surface area contributed by atoms with E-state index in [0.717, 1.165) is 50.0 Å². The number of piperazine rings is 1. The molecule has 1 aliphatic carbocycles. The maximum atomic E-state index is 13.8. The van der Waals surface area contributed by atoms with Gasteiger partial charge in [0.25, 0.3) is 5.91 Å². The summed E-state index contributed by atoms with van der Waals surface area (Å²) >= 11 is 0. The molecule has 1 atom stereocenters. The number of likely N-dealkylation sites (tertiary alicyclic amines) is 1. The average Bonchev–Trinajstić information content (AvgIpc) is 3.52. The van der Waals surface area contributed by atoms with Crippen LogP contribution in [-0.4, -0.2) is 94.1 Å². The monoisotopic (exact) mass is 537 g/mol. The number of ether oxygens (including phenoxy) is 1. The van der Waals surface area contributed by atoms with Crippen LogP contribution in [0.3, 0.4) is 0 Å². The zero-order chi connectivity index (χ0) is 27.7. The molecule has 2 aliphatic heterocycles. The summed E-state index contributed by atoms with van der Waals surface area (Å²) in [5.41, 5.74) is 6.02. The van der Waals surface area contributed by atoms with E-state index in [4.69, 9.17) is 14.9 Å². The summed E-state index contributed by atoms with van der Waals surface area (Å²) in [4.78, 5) is 33.4. The summed E-state index contributed by atoms with van der Waals surface area (Å²) in [6.07, 6.45) is 4.15. The number of rotatable bonds is 7. The largest absolute Gasteiger partial charge is 0.394 e. The molecule has 0 bridgehead atoms. The van der Waals surface area contributed by atoms with E-state index in [1.807, 2.05) is 9.80 Å². The standard InChI is InChI=1S/C30H43N5O4/c1-21-7-5-9-25(22(21)2)32-13-15-33(16-14-32)27(37)20-35-26-10-6-8-24(26)28(31-35)29(38)34-12-11-23(39-18-17-36)19-30(34,3)4/h5,7,9,23,36H,6,8,10-20H2,1-4H3. The second-order valence-corrected chi connectivity index (χ2v) is 11.9. The highest BCUT2D eigenvalue weighted by Crippen LogP contribution is 2.33. The molecule has 0 saturated carbocycles. The van der Waals surface area contributed by atoms with Crippen LogP contribution in [0.1, 0.15) is 66.0 Å². The highest BCUT2D eigenvalue weighted by molar-refractivity contribution is 5.95. The van der Waals surface area contributed by atoms with Gasteiger partial charge in [0.1, 0.15) is 6.54 Å². The van der Waals surface area contributed by atoms with Crippen molar-refractivity contribution in [1.29, 1.82) is 0 Å². The van der Waals surface area contributed by atoms with Gasteiger partial charge in [0.2, 0.25) is 5.91 Å². The number of hydrogen-bond donors (Lipinski definition) is 1. The summed E-state index contributed by atoms with van der Waals surface area (Å²) in [5.74, 6) is 0.0149. The number of aromatic nitrogens is 2. The van der Waals surface area contributed by atoms with Crippen molar-refractivity contribution in [2.45, 2.75) is 78.0 Å². The molecule has 2 amide bonds. The number of amides is 2. The molecule has 3 heterocycles. The molecule has 2 aromatic rings. The second-order valence-electron chi connectivity index (χ2n) is 11.9. The number of piperidine rings is 1. The first-order valence-electron chi connectivity index (χ1n) is 14.4. The van der Waals surface area contributed by atoms with Crippen LogP contribution in [-0.2, 0) is 28.9 Å². The van der Waals surface area contributed by atoms with Crippen molar-refractivity contribution < 1.29 is 19.4 Å². The predicted octanol–water partition coefficient (Wildman–Crippen LogP) is 2.73. The van der Waals surface area contributed by atoms with Crippen molar-refractivity contribution in [2.75, 3.05) is 50.8 Å². The number of benzene rings is 1. The number of hydrogen-bond acceptors (Lipinski definition) is 6. The maximum Gasteiger partial charge on any atom is 0.275 e. The van der Waals surface area contributed by atoms with Gasteiger partial charge in [-0.3, -0.25) is 14.3 Å². The summed E-state index contributed by atoms with van der Waals surface area (Å²) in [6.45, 7) is 12.5. The van der Waals surface area contributed by atoms with Gasteiger partial charge in [-0.1, -0.05) is 12.1 Å². The van der Waals surface area contributed by atoms with Gasteiger partial charge in [-0.05, 0) is 77.0 Å². The van der Waals surface area contributed by atoms with Crippen LogP contribution >= 0.6 is 0 Å². The molecular formula is C30H43N5O4. The van der Waals surface area contributed by atoms with E-state index in [9.17, 15) is 9.59 Å². The van der Waals surface area contributed by atoms with Gasteiger partial charge in [0.05, 0.1) is 19.3 Å². The van der Waals surface area contributed by atoms with Crippen LogP contribution in [0.5, 0.6) is 0 Å². The molecule has 1 N–H and O–H groups in total. The summed E-state index contributed by atoms with van der Waals surface area (Å²) in [6, 6.07) is 6.40. The van der Waals surface area contributed by atoms with E-state index in [0.29, 0.717) is 38.4 Å². The van der Waals surface area contributed by atoms with Crippen LogP contribution in [0.25, 0.3) is 0 Å². The number of nitrogens with zero attached hydrogens (tertiary/aromatic N) is 5. The zero-order valence-electron chi connectivity index (χ0n) is 23.9. The first-order valence-corrected chi connectivity index (χ1v) is 14.4. The third-order valence-electron chi connectivity index (χ3n) is 8.87. The van der Waals surface area contributed by atoms with Gasteiger partial charge in [-0.2, -0.15) is 5.10 Å². The Morgan fingerprint density at radius 1 is 1.10 bits per heavy atom. The molecule has 39 heavy (non-hydrogen) atoms. The molecule has 1 aromatic carbocycles. The molecule has 2 fully saturated rings. The number of carbonyl (C=O) groups excluding carboxylic acids is 2. The van der Waals surface area contributed by atoms with Crippen LogP contribution in [0.15, 0.2) is 18.2 Å². The van der Waals surface area contributed by atoms with Crippen molar-refractivity contribution in [2.24, 2.45) is 0 Å². The Hall–Kier alpha value is -2.91. The quantitative estimate of drug-likeness (QED) is 0.584. The molecule has 9 nitrogen and oxygen atoms in total. The Morgan fingerprint density at radius 2 is 1.87 bits per heavy atom. The Balaban J connectivity index is 1.25. The van der Waals surface area contributed by atoms with Crippen molar-refractivity contribution in [3.8, 4) is 0 Å². The Labute approximate surface area is 231 Å². The van der Waals surface area contributed by atoms with Gasteiger partial charge >= 0.3 is 0 Å². The van der Waals surface area contributed by atoms with E-state index < -0.39 is 0 Å². The molecule has 1 unspecified atom stereocenters. The number of aliphatic hydroxyl groups excluding tert-OH is 1. The van der Waals surface area contributed by atoms with Gasteiger partial charge in [0.15, 0.2) is 5.69 Å². The van der Waals surface area contributed by atoms with Crippen molar-refractivity contribution in [3.63, 3.8) is 0 Å². The number of fused-ring (bicyclic) bond motifs is 1. The summed E-state index contributed by atoms with van der Waals surface area (Å²) in [7, 11) is 0. The number of aryl methyl sites for hydroxylation is 1. The fraction of sp³-hybridized carbons (Fsp3) is 0.633. The van der Waals surface area contributed by atoms with Crippen molar-refractivity contribution in [3.05, 3.63) is 46.3 Å². The fourth-order valence-electron chi connectivity index (χ4n) is 6.53. The van der Waals surface area contributed by atoms with Gasteiger partial charge in [-0.15, -0.1) is 0 Å². The molecule has 3 aliphatic rings. The molecule has 2 saturated heterocycles. The van der Waals surface area contributed by atoms with E-state index in [2.05, 4.69) is 50.8 Å². The smallest absolute Gasteiger partial charge is 0.275 e. The Morgan fingerprint density at radius 3 is 2.59 bits per heavy atom. The second kappa shape index (κ2) is 11.3. The SMILES string of the molecule is Cc1cccc(N2CCN(C(=O)Cn3nc(C(=O)N4CCC(OCCO)CC4(C)C)c4c3CCC4)CC2)c1C. The Kier molecular flexibility index (Phi) is 8.01. The van der Waals surface area contributed by atoms with Crippen LogP contribution < -0.4 is 4.90 Å². The molecule has 9 heteroatoms. The van der Waals surface area contributed by atoms with Crippen LogP contribution in [0, 0.1) is 13.8 Å². The van der Waals surface area contributed by atoms with E-state index in [-0.39, 0.29) is 36.6 Å². The number of aliphatic hydroxyl groups is 1. The van der Waals surface area contributed by atoms with E-state index in [1.54, 1.807) is 4.68 Å². The first-order chi connectivity index (χ1) is 18.7. The lowest BCUT2D eigenvalue weighted by molar-refractivity contribution is -0.132. The predicted molar refractivity (Wildman–Crippen MR) is 150 cm³/mol. The summed E-state index contributed by atoms with van der Waals surface area (Å²) in [5, 5.41) is 13.9. The van der Waals surface area contributed by atoms with Gasteiger partial charge < -0.3 is 24.5 Å². The normalized spacial score (nSPS) is 20.8. The van der Waals surface area contributed by atoms with Crippen LogP contribution in [0.4, 0.5) is 5.69 Å². The van der Waals surface area contributed by atoms with Gasteiger partial charge in [0, 0.05) is 55.2 Å². The van der Waals surface area contributed by atoms with Crippen molar-refractivity contribution in [1.82, 2.24) is 19.6 Å². The van der Waals surface area contributed by atoms with Crippen molar-refractivity contribution >= 4 is 17.5 Å². The highest BCUT2D eigenvalue weighted by atomic mass is 16.5. The van der Waals surface area contributed by atoms with E-state index in [1.165, 1.54) is 16.8 Å². The average molecular weight is 538 g/mol. The molecule has 0 spiro atoms.